The second-order valence-corrected chi connectivity index (χ2v) is 8.63. The molecule has 0 saturated heterocycles. The van der Waals surface area contributed by atoms with Gasteiger partial charge in [-0.2, -0.15) is 10.4 Å². The van der Waals surface area contributed by atoms with E-state index in [0.29, 0.717) is 36.5 Å². The van der Waals surface area contributed by atoms with Crippen LogP contribution in [0, 0.1) is 23.2 Å². The van der Waals surface area contributed by atoms with Crippen molar-refractivity contribution in [2.75, 3.05) is 0 Å². The van der Waals surface area contributed by atoms with E-state index in [1.165, 1.54) is 41.6 Å². The lowest BCUT2D eigenvalue weighted by molar-refractivity contribution is 0.102. The van der Waals surface area contributed by atoms with E-state index in [1.54, 1.807) is 0 Å². The van der Waals surface area contributed by atoms with E-state index in [2.05, 4.69) is 25.3 Å². The van der Waals surface area contributed by atoms with Gasteiger partial charge in [-0.05, 0) is 78.7 Å². The largest absolute Gasteiger partial charge is 0.508 e. The number of rotatable bonds is 2. The average molecular weight is 347 g/mol. The van der Waals surface area contributed by atoms with Gasteiger partial charge in [-0.3, -0.25) is 4.68 Å². The van der Waals surface area contributed by atoms with Gasteiger partial charge in [-0.15, -0.1) is 0 Å². The summed E-state index contributed by atoms with van der Waals surface area (Å²) in [6.45, 7) is 3.13. The lowest BCUT2D eigenvalue weighted by Crippen LogP contribution is -2.43. The topological polar surface area (TPSA) is 61.8 Å². The molecule has 0 radical (unpaired) electrons. The van der Waals surface area contributed by atoms with Crippen molar-refractivity contribution in [3.63, 3.8) is 0 Å². The van der Waals surface area contributed by atoms with E-state index in [4.69, 9.17) is 10.4 Å². The Balaban J connectivity index is 1.46. The van der Waals surface area contributed by atoms with Crippen LogP contribution in [0.15, 0.2) is 24.4 Å². The minimum absolute atomic E-state index is 0.183. The summed E-state index contributed by atoms with van der Waals surface area (Å²) in [4.78, 5) is 0. The van der Waals surface area contributed by atoms with E-state index in [0.717, 1.165) is 12.8 Å². The van der Waals surface area contributed by atoms with Crippen molar-refractivity contribution in [3.05, 3.63) is 46.8 Å². The third-order valence-electron chi connectivity index (χ3n) is 7.37. The van der Waals surface area contributed by atoms with E-state index in [1.807, 2.05) is 16.8 Å². The normalized spacial score (nSPS) is 31.5. The van der Waals surface area contributed by atoms with Gasteiger partial charge >= 0.3 is 0 Å². The van der Waals surface area contributed by atoms with Crippen LogP contribution in [0.25, 0.3) is 0 Å². The number of aromatic nitrogens is 2. The molecule has 1 aromatic carbocycles. The predicted octanol–water partition coefficient (Wildman–Crippen LogP) is 4.07. The molecule has 0 amide bonds. The fraction of sp³-hybridized carbons (Fsp3) is 0.545. The first kappa shape index (κ1) is 15.9. The first-order valence-electron chi connectivity index (χ1n) is 9.85. The molecule has 0 spiro atoms. The maximum Gasteiger partial charge on any atom is 0.115 e. The Morgan fingerprint density at radius 2 is 2.23 bits per heavy atom. The lowest BCUT2D eigenvalue weighted by atomic mass is 9.55. The Labute approximate surface area is 154 Å². The summed E-state index contributed by atoms with van der Waals surface area (Å²) in [6, 6.07) is 8.22. The summed E-state index contributed by atoms with van der Waals surface area (Å²) in [5, 5.41) is 23.6. The monoisotopic (exact) mass is 347 g/mol. The summed E-state index contributed by atoms with van der Waals surface area (Å²) in [5.41, 5.74) is 5.73. The molecule has 1 saturated carbocycles. The SMILES string of the molecule is C[C@]12CC[C@@H]3c4ccc(O)cc4CC[C@H]3[C@@H]1Cc1cn(CCC#N)nc12. The van der Waals surface area contributed by atoms with Crippen molar-refractivity contribution in [2.24, 2.45) is 11.8 Å². The number of aryl methyl sites for hydroxylation is 2. The zero-order chi connectivity index (χ0) is 17.9. The Hall–Kier alpha value is -2.28. The standard InChI is InChI=1S/C22H25N3O/c1-22-8-7-18-17-6-4-16(26)11-14(17)3-5-19(18)20(22)12-15-13-25(10-2-9-23)24-21(15)22/h4,6,11,13,18-20,26H,2-3,5,7-8,10,12H2,1H3/t18-,19-,20+,22+/m1/s1. The van der Waals surface area contributed by atoms with Crippen LogP contribution in [0.4, 0.5) is 0 Å². The highest BCUT2D eigenvalue weighted by atomic mass is 16.3. The van der Waals surface area contributed by atoms with Crippen molar-refractivity contribution < 1.29 is 5.11 Å². The number of hydrogen-bond donors (Lipinski definition) is 1. The zero-order valence-electron chi connectivity index (χ0n) is 15.3. The van der Waals surface area contributed by atoms with Gasteiger partial charge in [-0.25, -0.2) is 0 Å². The molecule has 5 rings (SSSR count). The van der Waals surface area contributed by atoms with Crippen molar-refractivity contribution in [2.45, 2.75) is 63.3 Å². The van der Waals surface area contributed by atoms with Crippen LogP contribution in [-0.2, 0) is 24.8 Å². The minimum Gasteiger partial charge on any atom is -0.508 e. The number of phenols is 1. The quantitative estimate of drug-likeness (QED) is 0.890. The van der Waals surface area contributed by atoms with Gasteiger partial charge in [0.25, 0.3) is 0 Å². The molecule has 2 aromatic rings. The molecular formula is C22H25N3O. The lowest BCUT2D eigenvalue weighted by Gasteiger charge is -2.49. The highest BCUT2D eigenvalue weighted by Crippen LogP contribution is 2.59. The molecule has 1 aromatic heterocycles. The number of nitrogens with zero attached hydrogens (tertiary/aromatic N) is 3. The molecule has 3 aliphatic rings. The van der Waals surface area contributed by atoms with Gasteiger partial charge in [0.1, 0.15) is 5.75 Å². The van der Waals surface area contributed by atoms with E-state index < -0.39 is 0 Å². The molecule has 1 fully saturated rings. The summed E-state index contributed by atoms with van der Waals surface area (Å²) in [7, 11) is 0. The molecule has 3 aliphatic carbocycles. The second-order valence-electron chi connectivity index (χ2n) is 8.63. The molecular weight excluding hydrogens is 322 g/mol. The first-order valence-corrected chi connectivity index (χ1v) is 9.85. The number of fused-ring (bicyclic) bond motifs is 7. The second kappa shape index (κ2) is 5.61. The maximum atomic E-state index is 9.82. The Morgan fingerprint density at radius 3 is 3.08 bits per heavy atom. The van der Waals surface area contributed by atoms with Gasteiger partial charge < -0.3 is 5.11 Å². The molecule has 26 heavy (non-hydrogen) atoms. The zero-order valence-corrected chi connectivity index (χ0v) is 15.3. The molecule has 4 atom stereocenters. The predicted molar refractivity (Wildman–Crippen MR) is 98.9 cm³/mol. The highest BCUT2D eigenvalue weighted by Gasteiger charge is 2.54. The number of hydrogen-bond acceptors (Lipinski definition) is 3. The molecule has 134 valence electrons. The molecule has 0 bridgehead atoms. The maximum absolute atomic E-state index is 9.82. The van der Waals surface area contributed by atoms with Crippen LogP contribution in [-0.4, -0.2) is 14.9 Å². The molecule has 0 aliphatic heterocycles. The minimum atomic E-state index is 0.183. The van der Waals surface area contributed by atoms with Crippen LogP contribution in [0.2, 0.25) is 0 Å². The van der Waals surface area contributed by atoms with Crippen molar-refractivity contribution in [3.8, 4) is 11.8 Å². The number of aromatic hydroxyl groups is 1. The number of phenolic OH excluding ortho intramolecular Hbond substituents is 1. The van der Waals surface area contributed by atoms with Gasteiger partial charge in [0.05, 0.1) is 24.7 Å². The van der Waals surface area contributed by atoms with E-state index >= 15 is 0 Å². The third kappa shape index (κ3) is 2.16. The molecule has 1 heterocycles. The number of nitriles is 1. The third-order valence-corrected chi connectivity index (χ3v) is 7.37. The van der Waals surface area contributed by atoms with Crippen LogP contribution in [0.1, 0.15) is 60.9 Å². The Bertz CT molecular complexity index is 909. The smallest absolute Gasteiger partial charge is 0.115 e. The van der Waals surface area contributed by atoms with Crippen molar-refractivity contribution >= 4 is 0 Å². The molecule has 1 N–H and O–H groups in total. The van der Waals surface area contributed by atoms with Crippen LogP contribution in [0.3, 0.4) is 0 Å². The van der Waals surface area contributed by atoms with Gasteiger partial charge in [0.2, 0.25) is 0 Å². The van der Waals surface area contributed by atoms with Crippen molar-refractivity contribution in [1.82, 2.24) is 9.78 Å². The number of benzene rings is 1. The summed E-state index contributed by atoms with van der Waals surface area (Å²) in [6.07, 6.45) is 8.54. The van der Waals surface area contributed by atoms with Crippen molar-refractivity contribution in [1.29, 1.82) is 5.26 Å². The van der Waals surface area contributed by atoms with E-state index in [9.17, 15) is 5.11 Å². The first-order chi connectivity index (χ1) is 12.6. The Morgan fingerprint density at radius 1 is 1.35 bits per heavy atom. The van der Waals surface area contributed by atoms with Gasteiger partial charge in [0.15, 0.2) is 0 Å². The molecule has 0 unspecified atom stereocenters. The van der Waals surface area contributed by atoms with E-state index in [-0.39, 0.29) is 5.41 Å². The average Bonchev–Trinajstić information content (AvgIpc) is 3.16. The van der Waals surface area contributed by atoms with Crippen LogP contribution in [0.5, 0.6) is 5.75 Å². The van der Waals surface area contributed by atoms with Gasteiger partial charge in [-0.1, -0.05) is 13.0 Å². The highest BCUT2D eigenvalue weighted by molar-refractivity contribution is 5.42. The summed E-state index contributed by atoms with van der Waals surface area (Å²) in [5.74, 6) is 2.42. The van der Waals surface area contributed by atoms with Crippen LogP contribution >= 0.6 is 0 Å². The summed E-state index contributed by atoms with van der Waals surface area (Å²) >= 11 is 0. The Kier molecular flexibility index (Phi) is 3.44. The molecule has 4 heteroatoms. The van der Waals surface area contributed by atoms with Gasteiger partial charge in [0, 0.05) is 11.6 Å². The van der Waals surface area contributed by atoms with Crippen LogP contribution < -0.4 is 0 Å². The summed E-state index contributed by atoms with van der Waals surface area (Å²) < 4.78 is 1.99. The fourth-order valence-corrected chi connectivity index (χ4v) is 6.17. The molecule has 4 nitrogen and oxygen atoms in total. The fourth-order valence-electron chi connectivity index (χ4n) is 6.17.